The van der Waals surface area contributed by atoms with Crippen LogP contribution >= 0.6 is 23.2 Å². The second-order valence-electron chi connectivity index (χ2n) is 8.01. The van der Waals surface area contributed by atoms with Gasteiger partial charge in [0.2, 0.25) is 0 Å². The van der Waals surface area contributed by atoms with Crippen molar-refractivity contribution in [2.75, 3.05) is 12.4 Å². The number of aryl methyl sites for hydroxylation is 1. The molecule has 0 aliphatic carbocycles. The summed E-state index contributed by atoms with van der Waals surface area (Å²) in [5, 5.41) is 25.0. The standard InChI is InChI=1S/C26H21Cl2N3O6S.Na/c1-3-14-11-12-18(27)25(38(34,35)36)22(14)30-31-23-16-8-5-4-7-15(16)13-17(24(23)32)26(33)29-19-9-6-10-20(37-2)21(19)28;/h4-13,32H,3H2,1-2H3,(H,29,33)(H,34,35,36);/q;+1/p-1. The summed E-state index contributed by atoms with van der Waals surface area (Å²) in [4.78, 5) is 12.6. The zero-order chi connectivity index (χ0) is 27.6. The van der Waals surface area contributed by atoms with Gasteiger partial charge in [0.1, 0.15) is 21.4 Å². The molecular formula is C26H20Cl2N3NaO6S. The number of carbonyl (C=O) groups excluding carboxylic acids is 1. The molecule has 0 unspecified atom stereocenters. The molecule has 0 spiro atoms. The third-order valence-corrected chi connectivity index (χ3v) is 7.45. The maximum Gasteiger partial charge on any atom is 1.00 e. The van der Waals surface area contributed by atoms with E-state index in [4.69, 9.17) is 27.9 Å². The molecule has 0 aliphatic rings. The maximum atomic E-state index is 13.5. The summed E-state index contributed by atoms with van der Waals surface area (Å²) in [6.07, 6.45) is 0.336. The van der Waals surface area contributed by atoms with Crippen LogP contribution < -0.4 is 44.7 Å². The fourth-order valence-corrected chi connectivity index (χ4v) is 5.29. The Bertz CT molecular complexity index is 1710. The number of hydrogen-bond donors (Lipinski definition) is 2. The molecule has 0 heterocycles. The van der Waals surface area contributed by atoms with Crippen molar-refractivity contribution < 1.29 is 57.2 Å². The van der Waals surface area contributed by atoms with Crippen LogP contribution in [0.4, 0.5) is 17.1 Å². The van der Waals surface area contributed by atoms with Gasteiger partial charge in [0, 0.05) is 10.9 Å². The number of hydrogen-bond acceptors (Lipinski definition) is 7. The summed E-state index contributed by atoms with van der Waals surface area (Å²) in [6.45, 7) is 1.75. The third kappa shape index (κ3) is 6.38. The van der Waals surface area contributed by atoms with Gasteiger partial charge in [-0.15, -0.1) is 5.11 Å². The Kier molecular flexibility index (Phi) is 10.0. The van der Waals surface area contributed by atoms with E-state index in [1.54, 1.807) is 55.5 Å². The zero-order valence-corrected chi connectivity index (χ0v) is 25.4. The Morgan fingerprint density at radius 3 is 2.41 bits per heavy atom. The topological polar surface area (TPSA) is 140 Å². The number of amides is 1. The van der Waals surface area contributed by atoms with E-state index in [2.05, 4.69) is 15.5 Å². The first-order valence-electron chi connectivity index (χ1n) is 11.1. The first-order chi connectivity index (χ1) is 18.1. The molecule has 0 bridgehead atoms. The SMILES string of the molecule is CCc1ccc(Cl)c(S(=O)(=O)O)c1N=Nc1c([O-])c(C(=O)Nc2cccc(OC)c2Cl)cc2ccccc12.[Na+]. The molecule has 4 aromatic carbocycles. The number of azo groups is 1. The monoisotopic (exact) mass is 595 g/mol. The molecule has 9 nitrogen and oxygen atoms in total. The van der Waals surface area contributed by atoms with Gasteiger partial charge in [-0.2, -0.15) is 13.5 Å². The molecule has 0 atom stereocenters. The smallest absolute Gasteiger partial charge is 0.870 e. The van der Waals surface area contributed by atoms with Crippen LogP contribution in [0.25, 0.3) is 10.8 Å². The molecule has 2 N–H and O–H groups in total. The van der Waals surface area contributed by atoms with E-state index in [0.29, 0.717) is 28.5 Å². The molecule has 0 fully saturated rings. The van der Waals surface area contributed by atoms with E-state index in [-0.39, 0.29) is 62.2 Å². The molecule has 4 aromatic rings. The van der Waals surface area contributed by atoms with Crippen molar-refractivity contribution in [3.63, 3.8) is 0 Å². The minimum atomic E-state index is -4.77. The van der Waals surface area contributed by atoms with E-state index in [1.165, 1.54) is 19.2 Å². The summed E-state index contributed by atoms with van der Waals surface area (Å²) in [7, 11) is -3.34. The average molecular weight is 596 g/mol. The van der Waals surface area contributed by atoms with Crippen LogP contribution in [0.5, 0.6) is 11.5 Å². The van der Waals surface area contributed by atoms with Crippen molar-refractivity contribution >= 4 is 67.1 Å². The van der Waals surface area contributed by atoms with E-state index in [9.17, 15) is 22.9 Å². The van der Waals surface area contributed by atoms with Crippen molar-refractivity contribution in [1.29, 1.82) is 0 Å². The molecular weight excluding hydrogens is 576 g/mol. The predicted molar refractivity (Wildman–Crippen MR) is 144 cm³/mol. The van der Waals surface area contributed by atoms with Crippen molar-refractivity contribution in [1.82, 2.24) is 0 Å². The number of nitrogens with zero attached hydrogens (tertiary/aromatic N) is 2. The van der Waals surface area contributed by atoms with Crippen LogP contribution in [0.1, 0.15) is 22.8 Å². The van der Waals surface area contributed by atoms with Gasteiger partial charge in [-0.1, -0.05) is 72.3 Å². The van der Waals surface area contributed by atoms with E-state index in [0.717, 1.165) is 0 Å². The number of halogens is 2. The Labute approximate surface area is 256 Å². The first kappa shape index (κ1) is 30.8. The fourth-order valence-electron chi connectivity index (χ4n) is 3.86. The van der Waals surface area contributed by atoms with Gasteiger partial charge in [0.25, 0.3) is 16.0 Å². The summed E-state index contributed by atoms with van der Waals surface area (Å²) < 4.78 is 39.0. The summed E-state index contributed by atoms with van der Waals surface area (Å²) in [6, 6.07) is 15.8. The number of methoxy groups -OCH3 is 1. The molecule has 4 rings (SSSR count). The number of fused-ring (bicyclic) bond motifs is 1. The Balaban J connectivity index is 0.00000420. The van der Waals surface area contributed by atoms with Gasteiger partial charge in [0.05, 0.1) is 23.5 Å². The minimum absolute atomic E-state index is 0. The van der Waals surface area contributed by atoms with Gasteiger partial charge >= 0.3 is 29.6 Å². The number of nitrogens with one attached hydrogen (secondary N) is 1. The van der Waals surface area contributed by atoms with Crippen molar-refractivity contribution in [3.05, 3.63) is 81.8 Å². The van der Waals surface area contributed by atoms with Gasteiger partial charge in [-0.25, -0.2) is 0 Å². The predicted octanol–water partition coefficient (Wildman–Crippen LogP) is 3.71. The molecule has 0 radical (unpaired) electrons. The van der Waals surface area contributed by atoms with Crippen LogP contribution in [0, 0.1) is 0 Å². The normalized spacial score (nSPS) is 11.4. The number of carbonyl (C=O) groups is 1. The Morgan fingerprint density at radius 1 is 1.05 bits per heavy atom. The fraction of sp³-hybridized carbons (Fsp3) is 0.115. The molecule has 0 saturated heterocycles. The minimum Gasteiger partial charge on any atom is -0.870 e. The van der Waals surface area contributed by atoms with Crippen LogP contribution in [0.15, 0.2) is 75.8 Å². The summed E-state index contributed by atoms with van der Waals surface area (Å²) in [5.74, 6) is -1.16. The van der Waals surface area contributed by atoms with Crippen molar-refractivity contribution in [3.8, 4) is 11.5 Å². The second kappa shape index (κ2) is 12.6. The molecule has 1 amide bonds. The first-order valence-corrected chi connectivity index (χ1v) is 13.3. The quantitative estimate of drug-likeness (QED) is 0.189. The van der Waals surface area contributed by atoms with Gasteiger partial charge in [0.15, 0.2) is 0 Å². The summed E-state index contributed by atoms with van der Waals surface area (Å²) >= 11 is 12.3. The summed E-state index contributed by atoms with van der Waals surface area (Å²) in [5.41, 5.74) is 0.00538. The molecule has 0 aromatic heterocycles. The molecule has 13 heteroatoms. The Hall–Kier alpha value is -2.70. The Morgan fingerprint density at radius 2 is 1.74 bits per heavy atom. The van der Waals surface area contributed by atoms with Gasteiger partial charge < -0.3 is 15.2 Å². The number of benzene rings is 4. The number of rotatable bonds is 7. The number of ether oxygens (including phenoxy) is 1. The van der Waals surface area contributed by atoms with E-state index >= 15 is 0 Å². The zero-order valence-electron chi connectivity index (χ0n) is 21.0. The van der Waals surface area contributed by atoms with Gasteiger partial charge in [-0.3, -0.25) is 9.35 Å². The van der Waals surface area contributed by atoms with Crippen LogP contribution in [0.3, 0.4) is 0 Å². The average Bonchev–Trinajstić information content (AvgIpc) is 2.88. The molecule has 0 saturated carbocycles. The van der Waals surface area contributed by atoms with Crippen LogP contribution in [-0.2, 0) is 16.5 Å². The largest absolute Gasteiger partial charge is 1.00 e. The van der Waals surface area contributed by atoms with E-state index < -0.39 is 26.7 Å². The van der Waals surface area contributed by atoms with Crippen LogP contribution in [0.2, 0.25) is 10.0 Å². The van der Waals surface area contributed by atoms with Crippen LogP contribution in [-0.4, -0.2) is 26.0 Å². The van der Waals surface area contributed by atoms with E-state index in [1.807, 2.05) is 0 Å². The molecule has 0 aliphatic heterocycles. The molecule has 196 valence electrons. The van der Waals surface area contributed by atoms with Crippen molar-refractivity contribution in [2.45, 2.75) is 18.2 Å². The second-order valence-corrected chi connectivity index (χ2v) is 10.2. The third-order valence-electron chi connectivity index (χ3n) is 5.71. The number of anilines is 1. The van der Waals surface area contributed by atoms with Gasteiger partial charge in [-0.05, 0) is 41.6 Å². The van der Waals surface area contributed by atoms with Crippen molar-refractivity contribution in [2.24, 2.45) is 10.2 Å². The maximum absolute atomic E-state index is 13.5. The molecule has 39 heavy (non-hydrogen) atoms.